The molecule has 1 fully saturated rings. The standard InChI is InChI=1S/C21H18FN3O3/c22-19-8-16(10-24-20(19)9-23)15-6-17-12-27-13-18(7-15)25(17)21(26)28-11-14-4-2-1-3-5-14/h1-6,8,10,17-18H,7,11-13H2. The van der Waals surface area contributed by atoms with Crippen molar-refractivity contribution >= 4 is 11.7 Å². The summed E-state index contributed by atoms with van der Waals surface area (Å²) in [5, 5.41) is 8.84. The largest absolute Gasteiger partial charge is 0.445 e. The summed E-state index contributed by atoms with van der Waals surface area (Å²) in [6, 6.07) is 12.1. The number of amides is 1. The van der Waals surface area contributed by atoms with E-state index in [4.69, 9.17) is 14.7 Å². The molecule has 7 heteroatoms. The van der Waals surface area contributed by atoms with Crippen LogP contribution in [0.4, 0.5) is 9.18 Å². The van der Waals surface area contributed by atoms with Gasteiger partial charge in [0.15, 0.2) is 11.5 Å². The van der Waals surface area contributed by atoms with E-state index in [-0.39, 0.29) is 30.5 Å². The molecule has 1 aromatic carbocycles. The predicted octanol–water partition coefficient (Wildman–Crippen LogP) is 3.29. The SMILES string of the molecule is N#Cc1ncc(C2=CC3COCC(C2)N3C(=O)OCc2ccccc2)cc1F. The van der Waals surface area contributed by atoms with E-state index in [0.717, 1.165) is 11.1 Å². The molecule has 0 saturated carbocycles. The summed E-state index contributed by atoms with van der Waals surface area (Å²) in [5.41, 5.74) is 2.20. The molecule has 2 unspecified atom stereocenters. The Labute approximate surface area is 161 Å². The van der Waals surface area contributed by atoms with E-state index in [1.807, 2.05) is 36.4 Å². The minimum Gasteiger partial charge on any atom is -0.445 e. The van der Waals surface area contributed by atoms with Gasteiger partial charge in [0.25, 0.3) is 0 Å². The average molecular weight is 379 g/mol. The predicted molar refractivity (Wildman–Crippen MR) is 98.4 cm³/mol. The Bertz CT molecular complexity index is 955. The molecule has 4 rings (SSSR count). The van der Waals surface area contributed by atoms with Gasteiger partial charge in [-0.05, 0) is 29.2 Å². The first kappa shape index (κ1) is 18.1. The second-order valence-corrected chi connectivity index (χ2v) is 6.77. The van der Waals surface area contributed by atoms with Crippen molar-refractivity contribution in [3.05, 3.63) is 71.3 Å². The number of hydrogen-bond acceptors (Lipinski definition) is 5. The van der Waals surface area contributed by atoms with Crippen LogP contribution < -0.4 is 0 Å². The maximum absolute atomic E-state index is 13.9. The van der Waals surface area contributed by atoms with Crippen LogP contribution in [0.3, 0.4) is 0 Å². The molecule has 0 N–H and O–H groups in total. The smallest absolute Gasteiger partial charge is 0.411 e. The number of hydrogen-bond donors (Lipinski definition) is 0. The third-order valence-corrected chi connectivity index (χ3v) is 4.93. The minimum absolute atomic E-state index is 0.194. The van der Waals surface area contributed by atoms with Crippen LogP contribution in [0.2, 0.25) is 0 Å². The number of benzene rings is 1. The van der Waals surface area contributed by atoms with Crippen molar-refractivity contribution in [2.24, 2.45) is 0 Å². The summed E-state index contributed by atoms with van der Waals surface area (Å²) >= 11 is 0. The van der Waals surface area contributed by atoms with Gasteiger partial charge in [0.05, 0.1) is 25.3 Å². The second-order valence-electron chi connectivity index (χ2n) is 6.77. The first-order valence-corrected chi connectivity index (χ1v) is 8.99. The lowest BCUT2D eigenvalue weighted by atomic mass is 9.90. The van der Waals surface area contributed by atoms with E-state index < -0.39 is 5.82 Å². The molecule has 2 atom stereocenters. The fourth-order valence-corrected chi connectivity index (χ4v) is 3.58. The first-order valence-electron chi connectivity index (χ1n) is 8.99. The van der Waals surface area contributed by atoms with Gasteiger partial charge in [0, 0.05) is 6.20 Å². The number of fused-ring (bicyclic) bond motifs is 2. The van der Waals surface area contributed by atoms with Crippen LogP contribution in [0.25, 0.3) is 5.57 Å². The number of carbonyl (C=O) groups is 1. The van der Waals surface area contributed by atoms with Crippen LogP contribution in [0.1, 0.15) is 23.2 Å². The quantitative estimate of drug-likeness (QED) is 0.818. The maximum Gasteiger partial charge on any atom is 0.411 e. The molecule has 3 heterocycles. The van der Waals surface area contributed by atoms with Crippen LogP contribution in [0.15, 0.2) is 48.7 Å². The van der Waals surface area contributed by atoms with Crippen molar-refractivity contribution in [1.82, 2.24) is 9.88 Å². The Morgan fingerprint density at radius 2 is 2.18 bits per heavy atom. The van der Waals surface area contributed by atoms with Gasteiger partial charge in [-0.3, -0.25) is 4.90 Å². The third kappa shape index (κ3) is 3.59. The zero-order valence-corrected chi connectivity index (χ0v) is 15.0. The third-order valence-electron chi connectivity index (χ3n) is 4.93. The first-order chi connectivity index (χ1) is 13.7. The van der Waals surface area contributed by atoms with Crippen LogP contribution in [0.5, 0.6) is 0 Å². The molecule has 28 heavy (non-hydrogen) atoms. The van der Waals surface area contributed by atoms with Crippen molar-refractivity contribution in [3.8, 4) is 6.07 Å². The van der Waals surface area contributed by atoms with Crippen LogP contribution in [-0.2, 0) is 16.1 Å². The fraction of sp³-hybridized carbons (Fsp3) is 0.286. The van der Waals surface area contributed by atoms with Gasteiger partial charge in [-0.25, -0.2) is 14.2 Å². The number of carbonyl (C=O) groups excluding carboxylic acids is 1. The van der Waals surface area contributed by atoms with Crippen LogP contribution >= 0.6 is 0 Å². The summed E-state index contributed by atoms with van der Waals surface area (Å²) in [5.74, 6) is -0.646. The summed E-state index contributed by atoms with van der Waals surface area (Å²) < 4.78 is 25.0. The van der Waals surface area contributed by atoms with E-state index in [9.17, 15) is 9.18 Å². The van der Waals surface area contributed by atoms with Crippen molar-refractivity contribution in [2.45, 2.75) is 25.1 Å². The van der Waals surface area contributed by atoms with E-state index in [2.05, 4.69) is 4.98 Å². The zero-order chi connectivity index (χ0) is 19.5. The molecule has 6 nitrogen and oxygen atoms in total. The minimum atomic E-state index is -0.646. The van der Waals surface area contributed by atoms with Crippen molar-refractivity contribution in [2.75, 3.05) is 13.2 Å². The highest BCUT2D eigenvalue weighted by atomic mass is 19.1. The number of nitrogens with zero attached hydrogens (tertiary/aromatic N) is 3. The molecule has 2 bridgehead atoms. The molecular weight excluding hydrogens is 361 g/mol. The van der Waals surface area contributed by atoms with Gasteiger partial charge in [0.2, 0.25) is 0 Å². The number of nitriles is 1. The summed E-state index contributed by atoms with van der Waals surface area (Å²) in [6.45, 7) is 0.949. The van der Waals surface area contributed by atoms with E-state index in [1.165, 1.54) is 12.3 Å². The van der Waals surface area contributed by atoms with Gasteiger partial charge in [-0.2, -0.15) is 5.26 Å². The maximum atomic E-state index is 13.9. The molecule has 0 aliphatic carbocycles. The number of pyridine rings is 1. The lowest BCUT2D eigenvalue weighted by molar-refractivity contribution is -0.0342. The number of ether oxygens (including phenoxy) is 2. The molecule has 1 aromatic heterocycles. The Balaban J connectivity index is 1.52. The highest BCUT2D eigenvalue weighted by molar-refractivity contribution is 5.74. The van der Waals surface area contributed by atoms with Crippen LogP contribution in [0, 0.1) is 17.1 Å². The van der Waals surface area contributed by atoms with Gasteiger partial charge in [0.1, 0.15) is 12.7 Å². The Morgan fingerprint density at radius 3 is 2.89 bits per heavy atom. The lowest BCUT2D eigenvalue weighted by Crippen LogP contribution is -2.56. The Hall–Kier alpha value is -3.24. The van der Waals surface area contributed by atoms with Gasteiger partial charge >= 0.3 is 6.09 Å². The molecule has 2 aliphatic heterocycles. The van der Waals surface area contributed by atoms with Gasteiger partial charge in [-0.15, -0.1) is 0 Å². The second kappa shape index (κ2) is 7.79. The highest BCUT2D eigenvalue weighted by Gasteiger charge is 2.39. The molecule has 1 saturated heterocycles. The number of morpholine rings is 1. The summed E-state index contributed by atoms with van der Waals surface area (Å²) in [6.07, 6.45) is 3.50. The molecule has 0 spiro atoms. The molecule has 2 aromatic rings. The van der Waals surface area contributed by atoms with Gasteiger partial charge < -0.3 is 9.47 Å². The van der Waals surface area contributed by atoms with Gasteiger partial charge in [-0.1, -0.05) is 36.4 Å². The van der Waals surface area contributed by atoms with Crippen molar-refractivity contribution < 1.29 is 18.7 Å². The van der Waals surface area contributed by atoms with E-state index in [0.29, 0.717) is 25.2 Å². The summed E-state index contributed by atoms with van der Waals surface area (Å²) in [7, 11) is 0. The normalized spacial score (nSPS) is 20.9. The monoisotopic (exact) mass is 379 g/mol. The van der Waals surface area contributed by atoms with Crippen molar-refractivity contribution in [1.29, 1.82) is 5.26 Å². The Kier molecular flexibility index (Phi) is 5.04. The number of halogens is 1. The number of aromatic nitrogens is 1. The number of rotatable bonds is 3. The highest BCUT2D eigenvalue weighted by Crippen LogP contribution is 2.33. The van der Waals surface area contributed by atoms with Crippen molar-refractivity contribution in [3.63, 3.8) is 0 Å². The molecule has 1 amide bonds. The van der Waals surface area contributed by atoms with E-state index >= 15 is 0 Å². The lowest BCUT2D eigenvalue weighted by Gasteiger charge is -2.43. The zero-order valence-electron chi connectivity index (χ0n) is 15.0. The van der Waals surface area contributed by atoms with Crippen LogP contribution in [-0.4, -0.2) is 41.3 Å². The topological polar surface area (TPSA) is 75.5 Å². The fourth-order valence-electron chi connectivity index (χ4n) is 3.58. The Morgan fingerprint density at radius 1 is 1.36 bits per heavy atom. The molecule has 0 radical (unpaired) electrons. The average Bonchev–Trinajstić information content (AvgIpc) is 2.71. The molecule has 142 valence electrons. The van der Waals surface area contributed by atoms with E-state index in [1.54, 1.807) is 11.0 Å². The molecule has 2 aliphatic rings. The molecular formula is C21H18FN3O3. The summed E-state index contributed by atoms with van der Waals surface area (Å²) in [4.78, 5) is 18.2.